The van der Waals surface area contributed by atoms with Crippen molar-refractivity contribution in [3.63, 3.8) is 0 Å². The summed E-state index contributed by atoms with van der Waals surface area (Å²) in [5.41, 5.74) is 2.30. The lowest BCUT2D eigenvalue weighted by atomic mass is 10.1. The molecule has 0 aliphatic heterocycles. The van der Waals surface area contributed by atoms with Gasteiger partial charge in [0.05, 0.1) is 0 Å². The molecule has 0 radical (unpaired) electrons. The fraction of sp³-hybridized carbons (Fsp3) is 0.250. The second kappa shape index (κ2) is 9.64. The Morgan fingerprint density at radius 1 is 1.19 bits per heavy atom. The van der Waals surface area contributed by atoms with Crippen LogP contribution in [0.2, 0.25) is 0 Å². The van der Waals surface area contributed by atoms with E-state index in [0.29, 0.717) is 11.4 Å². The topological polar surface area (TPSA) is 88.4 Å². The van der Waals surface area contributed by atoms with Gasteiger partial charge in [0.2, 0.25) is 0 Å². The summed E-state index contributed by atoms with van der Waals surface area (Å²) >= 11 is 1.06. The number of thiocyanates is 1. The first-order chi connectivity index (χ1) is 12.9. The smallest absolute Gasteiger partial charge is 0.347 e. The second-order valence-electron chi connectivity index (χ2n) is 5.85. The van der Waals surface area contributed by atoms with Crippen molar-refractivity contribution in [2.45, 2.75) is 31.8 Å². The number of aryl methyl sites for hydroxylation is 2. The number of hydrogen-bond donors (Lipinski definition) is 1. The summed E-state index contributed by atoms with van der Waals surface area (Å²) in [5.74, 6) is -0.515. The fourth-order valence-corrected chi connectivity index (χ4v) is 2.99. The summed E-state index contributed by atoms with van der Waals surface area (Å²) in [4.78, 5) is 24.9. The van der Waals surface area contributed by atoms with Gasteiger partial charge in [-0.1, -0.05) is 18.2 Å². The van der Waals surface area contributed by atoms with Crippen LogP contribution in [0.1, 0.15) is 18.1 Å². The van der Waals surface area contributed by atoms with Crippen molar-refractivity contribution >= 4 is 29.3 Å². The lowest BCUT2D eigenvalue weighted by molar-refractivity contribution is -0.153. The van der Waals surface area contributed by atoms with Gasteiger partial charge in [-0.25, -0.2) is 4.79 Å². The van der Waals surface area contributed by atoms with Crippen molar-refractivity contribution in [1.82, 2.24) is 0 Å². The molecule has 140 valence electrons. The van der Waals surface area contributed by atoms with Crippen molar-refractivity contribution in [1.29, 1.82) is 5.26 Å². The van der Waals surface area contributed by atoms with Crippen molar-refractivity contribution < 1.29 is 19.1 Å². The first-order valence-electron chi connectivity index (χ1n) is 8.26. The Bertz CT molecular complexity index is 839. The van der Waals surface area contributed by atoms with Crippen LogP contribution in [-0.4, -0.2) is 24.6 Å². The number of nitriles is 1. The van der Waals surface area contributed by atoms with Gasteiger partial charge in [-0.15, -0.1) is 0 Å². The van der Waals surface area contributed by atoms with Gasteiger partial charge >= 0.3 is 5.97 Å². The number of carbonyl (C=O) groups is 2. The maximum absolute atomic E-state index is 12.1. The van der Waals surface area contributed by atoms with Gasteiger partial charge in [0.1, 0.15) is 11.2 Å². The zero-order chi connectivity index (χ0) is 19.8. The van der Waals surface area contributed by atoms with Crippen LogP contribution in [0.15, 0.2) is 47.4 Å². The van der Waals surface area contributed by atoms with E-state index >= 15 is 0 Å². The number of carbonyl (C=O) groups excluding carboxylic acids is 2. The molecule has 2 aromatic carbocycles. The molecule has 7 heteroatoms. The SMILES string of the molecule is Cc1cc(SC#N)cc(C)c1NC(=O)COC(=O)[C@H](C)Oc1ccccc1. The van der Waals surface area contributed by atoms with Crippen LogP contribution >= 0.6 is 11.8 Å². The van der Waals surface area contributed by atoms with E-state index in [2.05, 4.69) is 5.32 Å². The van der Waals surface area contributed by atoms with Gasteiger partial charge in [0.25, 0.3) is 5.91 Å². The molecular weight excluding hydrogens is 364 g/mol. The van der Waals surface area contributed by atoms with Crippen LogP contribution in [0.3, 0.4) is 0 Å². The lowest BCUT2D eigenvalue weighted by Gasteiger charge is -2.15. The Hall–Kier alpha value is -2.98. The molecule has 1 N–H and O–H groups in total. The summed E-state index contributed by atoms with van der Waals surface area (Å²) in [6.07, 6.45) is -0.828. The number of rotatable bonds is 7. The number of nitrogens with one attached hydrogen (secondary N) is 1. The van der Waals surface area contributed by atoms with Gasteiger partial charge in [0.15, 0.2) is 12.7 Å². The largest absolute Gasteiger partial charge is 0.479 e. The molecule has 0 aliphatic rings. The minimum absolute atomic E-state index is 0.408. The average molecular weight is 384 g/mol. The molecule has 27 heavy (non-hydrogen) atoms. The molecule has 0 saturated heterocycles. The predicted octanol–water partition coefficient (Wildman–Crippen LogP) is 3.83. The van der Waals surface area contributed by atoms with Crippen LogP contribution in [0.25, 0.3) is 0 Å². The highest BCUT2D eigenvalue weighted by Gasteiger charge is 2.18. The Morgan fingerprint density at radius 2 is 1.81 bits per heavy atom. The Balaban J connectivity index is 1.89. The zero-order valence-corrected chi connectivity index (χ0v) is 16.1. The Kier molecular flexibility index (Phi) is 7.26. The molecule has 0 spiro atoms. The van der Waals surface area contributed by atoms with Crippen molar-refractivity contribution in [2.75, 3.05) is 11.9 Å². The number of amides is 1. The third-order valence-electron chi connectivity index (χ3n) is 3.67. The van der Waals surface area contributed by atoms with E-state index in [4.69, 9.17) is 14.7 Å². The van der Waals surface area contributed by atoms with Crippen LogP contribution in [0.4, 0.5) is 5.69 Å². The molecule has 6 nitrogen and oxygen atoms in total. The fourth-order valence-electron chi connectivity index (χ4n) is 2.41. The standard InChI is InChI=1S/C20H20N2O4S/c1-13-9-17(27-12-21)10-14(2)19(13)22-18(23)11-25-20(24)15(3)26-16-7-5-4-6-8-16/h4-10,15H,11H2,1-3H3,(H,22,23)/t15-/m0/s1. The number of esters is 1. The molecule has 0 aliphatic carbocycles. The van der Waals surface area contributed by atoms with Crippen LogP contribution < -0.4 is 10.1 Å². The first-order valence-corrected chi connectivity index (χ1v) is 9.07. The molecule has 2 rings (SSSR count). The summed E-state index contributed by atoms with van der Waals surface area (Å²) < 4.78 is 10.5. The van der Waals surface area contributed by atoms with E-state index in [1.165, 1.54) is 0 Å². The molecule has 1 amide bonds. The molecule has 2 aromatic rings. The minimum Gasteiger partial charge on any atom is -0.479 e. The average Bonchev–Trinajstić information content (AvgIpc) is 2.64. The number of anilines is 1. The monoisotopic (exact) mass is 384 g/mol. The lowest BCUT2D eigenvalue weighted by Crippen LogP contribution is -2.30. The predicted molar refractivity (Wildman–Crippen MR) is 104 cm³/mol. The Labute approximate surface area is 162 Å². The maximum Gasteiger partial charge on any atom is 0.347 e. The number of nitrogens with zero attached hydrogens (tertiary/aromatic N) is 1. The van der Waals surface area contributed by atoms with Crippen molar-refractivity contribution in [2.24, 2.45) is 0 Å². The molecule has 0 fully saturated rings. The highest BCUT2D eigenvalue weighted by atomic mass is 32.2. The Morgan fingerprint density at radius 3 is 2.41 bits per heavy atom. The van der Waals surface area contributed by atoms with Gasteiger partial charge < -0.3 is 14.8 Å². The van der Waals surface area contributed by atoms with Crippen LogP contribution in [0.5, 0.6) is 5.75 Å². The van der Waals surface area contributed by atoms with E-state index < -0.39 is 24.6 Å². The van der Waals surface area contributed by atoms with E-state index in [0.717, 1.165) is 27.8 Å². The molecule has 0 saturated carbocycles. The highest BCUT2D eigenvalue weighted by molar-refractivity contribution is 8.03. The van der Waals surface area contributed by atoms with E-state index in [-0.39, 0.29) is 0 Å². The number of hydrogen-bond acceptors (Lipinski definition) is 6. The molecule has 0 unspecified atom stereocenters. The van der Waals surface area contributed by atoms with Gasteiger partial charge in [0, 0.05) is 10.6 Å². The summed E-state index contributed by atoms with van der Waals surface area (Å²) in [7, 11) is 0. The van der Waals surface area contributed by atoms with Gasteiger partial charge in [-0.2, -0.15) is 5.26 Å². The third-order valence-corrected chi connectivity index (χ3v) is 4.23. The number of ether oxygens (including phenoxy) is 2. The third kappa shape index (κ3) is 6.04. The summed E-state index contributed by atoms with van der Waals surface area (Å²) in [6, 6.07) is 12.5. The van der Waals surface area contributed by atoms with E-state index in [1.807, 2.05) is 37.4 Å². The normalized spacial score (nSPS) is 11.2. The number of thioether (sulfide) groups is 1. The molecular formula is C20H20N2O4S. The van der Waals surface area contributed by atoms with E-state index in [9.17, 15) is 9.59 Å². The van der Waals surface area contributed by atoms with Crippen LogP contribution in [0, 0.1) is 24.5 Å². The molecule has 1 atom stereocenters. The van der Waals surface area contributed by atoms with Crippen LogP contribution in [-0.2, 0) is 14.3 Å². The van der Waals surface area contributed by atoms with Gasteiger partial charge in [-0.3, -0.25) is 4.79 Å². The summed E-state index contributed by atoms with van der Waals surface area (Å²) in [5, 5.41) is 13.5. The zero-order valence-electron chi connectivity index (χ0n) is 15.3. The quantitative estimate of drug-likeness (QED) is 0.443. The molecule has 0 bridgehead atoms. The molecule has 0 heterocycles. The number of para-hydroxylation sites is 1. The van der Waals surface area contributed by atoms with Crippen molar-refractivity contribution in [3.05, 3.63) is 53.6 Å². The van der Waals surface area contributed by atoms with E-state index in [1.54, 1.807) is 31.2 Å². The minimum atomic E-state index is -0.828. The first kappa shape index (κ1) is 20.3. The highest BCUT2D eigenvalue weighted by Crippen LogP contribution is 2.27. The van der Waals surface area contributed by atoms with Gasteiger partial charge in [-0.05, 0) is 67.9 Å². The summed E-state index contributed by atoms with van der Waals surface area (Å²) in [6.45, 7) is 4.83. The van der Waals surface area contributed by atoms with Crippen molar-refractivity contribution in [3.8, 4) is 11.2 Å². The second-order valence-corrected chi connectivity index (χ2v) is 6.71. The maximum atomic E-state index is 12.1. The molecule has 0 aromatic heterocycles. The number of benzene rings is 2.